The number of fused-ring (bicyclic) bond motifs is 1. The first-order chi connectivity index (χ1) is 8.78. The molecule has 18 heavy (non-hydrogen) atoms. The Morgan fingerprint density at radius 1 is 1.17 bits per heavy atom. The fraction of sp³-hybridized carbons (Fsp3) is 0.133. The van der Waals surface area contributed by atoms with Gasteiger partial charge in [-0.25, -0.2) is 4.39 Å². The van der Waals surface area contributed by atoms with Gasteiger partial charge in [-0.2, -0.15) is 0 Å². The van der Waals surface area contributed by atoms with E-state index >= 15 is 0 Å². The molecule has 3 rings (SSSR count). The Balaban J connectivity index is 2.07. The number of carbonyl (C=O) groups is 1. The molecule has 0 unspecified atom stereocenters. The Kier molecular flexibility index (Phi) is 2.59. The molecular weight excluding hydrogens is 229 g/mol. The summed E-state index contributed by atoms with van der Waals surface area (Å²) < 4.78 is 13.5. The summed E-state index contributed by atoms with van der Waals surface area (Å²) in [7, 11) is 0. The number of carbonyl (C=O) groups excluding carboxylic acids is 1. The van der Waals surface area contributed by atoms with Crippen molar-refractivity contribution in [1.82, 2.24) is 0 Å². The lowest BCUT2D eigenvalue weighted by Crippen LogP contribution is -2.13. The highest BCUT2D eigenvalue weighted by Crippen LogP contribution is 2.34. The van der Waals surface area contributed by atoms with E-state index in [0.29, 0.717) is 11.8 Å². The van der Waals surface area contributed by atoms with Gasteiger partial charge in [0, 0.05) is 23.5 Å². The number of anilines is 2. The zero-order chi connectivity index (χ0) is 12.5. The van der Waals surface area contributed by atoms with Crippen LogP contribution in [0.2, 0.25) is 0 Å². The predicted octanol–water partition coefficient (Wildman–Crippen LogP) is 3.33. The van der Waals surface area contributed by atoms with Crippen LogP contribution in [0.15, 0.2) is 42.5 Å². The monoisotopic (exact) mass is 241 g/mol. The molecule has 1 aliphatic rings. The third kappa shape index (κ3) is 1.78. The molecular formula is C15H12FNO. The lowest BCUT2D eigenvalue weighted by Gasteiger charge is -2.19. The van der Waals surface area contributed by atoms with Crippen molar-refractivity contribution in [2.75, 3.05) is 11.4 Å². The van der Waals surface area contributed by atoms with E-state index in [4.69, 9.17) is 0 Å². The molecule has 0 fully saturated rings. The van der Waals surface area contributed by atoms with Crippen LogP contribution in [0.3, 0.4) is 0 Å². The van der Waals surface area contributed by atoms with Gasteiger partial charge in [0.1, 0.15) is 12.1 Å². The smallest absolute Gasteiger partial charge is 0.150 e. The fourth-order valence-electron chi connectivity index (χ4n) is 2.43. The summed E-state index contributed by atoms with van der Waals surface area (Å²) in [5.74, 6) is -0.376. The highest BCUT2D eigenvalue weighted by molar-refractivity contribution is 5.79. The molecule has 0 N–H and O–H groups in total. The first kappa shape index (κ1) is 11.0. The molecule has 0 aliphatic carbocycles. The van der Waals surface area contributed by atoms with Gasteiger partial charge in [0.15, 0.2) is 0 Å². The first-order valence-electron chi connectivity index (χ1n) is 5.89. The molecule has 0 radical (unpaired) electrons. The Morgan fingerprint density at radius 2 is 2.00 bits per heavy atom. The van der Waals surface area contributed by atoms with Crippen molar-refractivity contribution in [3.8, 4) is 0 Å². The van der Waals surface area contributed by atoms with E-state index in [0.717, 1.165) is 24.3 Å². The van der Waals surface area contributed by atoms with Crippen LogP contribution >= 0.6 is 0 Å². The Bertz CT molecular complexity index is 609. The maximum atomic E-state index is 13.5. The second kappa shape index (κ2) is 4.26. The summed E-state index contributed by atoms with van der Waals surface area (Å²) in [6, 6.07) is 12.5. The summed E-state index contributed by atoms with van der Waals surface area (Å²) in [6.45, 7) is 0.821. The first-order valence-corrected chi connectivity index (χ1v) is 5.89. The van der Waals surface area contributed by atoms with Gasteiger partial charge in [-0.1, -0.05) is 18.2 Å². The summed E-state index contributed by atoms with van der Waals surface area (Å²) >= 11 is 0. The second-order valence-corrected chi connectivity index (χ2v) is 4.39. The minimum Gasteiger partial charge on any atom is -0.341 e. The molecule has 1 aliphatic heterocycles. The zero-order valence-electron chi connectivity index (χ0n) is 9.77. The predicted molar refractivity (Wildman–Crippen MR) is 68.9 cm³/mol. The van der Waals surface area contributed by atoms with Gasteiger partial charge in [-0.05, 0) is 36.2 Å². The molecule has 0 amide bonds. The molecule has 0 saturated carbocycles. The minimum absolute atomic E-state index is 0.370. The Labute approximate surface area is 105 Å². The van der Waals surface area contributed by atoms with Crippen LogP contribution in [0.4, 0.5) is 15.8 Å². The van der Waals surface area contributed by atoms with Crippen molar-refractivity contribution >= 4 is 17.7 Å². The van der Waals surface area contributed by atoms with Crippen molar-refractivity contribution in [3.05, 3.63) is 59.4 Å². The van der Waals surface area contributed by atoms with Gasteiger partial charge in [0.25, 0.3) is 0 Å². The Morgan fingerprint density at radius 3 is 2.83 bits per heavy atom. The van der Waals surface area contributed by atoms with Gasteiger partial charge in [0.05, 0.1) is 0 Å². The van der Waals surface area contributed by atoms with Crippen LogP contribution in [0, 0.1) is 5.82 Å². The number of aldehydes is 1. The minimum atomic E-state index is -0.376. The Hall–Kier alpha value is -2.16. The highest BCUT2D eigenvalue weighted by Gasteiger charge is 2.20. The van der Waals surface area contributed by atoms with E-state index in [9.17, 15) is 9.18 Å². The molecule has 2 nitrogen and oxygen atoms in total. The molecule has 3 heteroatoms. The molecule has 0 spiro atoms. The molecule has 0 saturated heterocycles. The number of hydrogen-bond acceptors (Lipinski definition) is 2. The molecule has 0 aromatic heterocycles. The summed E-state index contributed by atoms with van der Waals surface area (Å²) in [5.41, 5.74) is 3.46. The number of nitrogens with zero attached hydrogens (tertiary/aromatic N) is 1. The zero-order valence-corrected chi connectivity index (χ0v) is 9.77. The van der Waals surface area contributed by atoms with Gasteiger partial charge >= 0.3 is 0 Å². The lowest BCUT2D eigenvalue weighted by molar-refractivity contribution is 0.112. The summed E-state index contributed by atoms with van der Waals surface area (Å²) in [5, 5.41) is 0. The molecule has 1 heterocycles. The van der Waals surface area contributed by atoms with Gasteiger partial charge in [0.2, 0.25) is 0 Å². The van der Waals surface area contributed by atoms with E-state index in [1.54, 1.807) is 6.07 Å². The number of para-hydroxylation sites is 1. The van der Waals surface area contributed by atoms with Crippen molar-refractivity contribution in [2.45, 2.75) is 6.42 Å². The number of hydrogen-bond donors (Lipinski definition) is 0. The van der Waals surface area contributed by atoms with E-state index in [1.807, 2.05) is 23.1 Å². The summed E-state index contributed by atoms with van der Waals surface area (Å²) in [4.78, 5) is 12.8. The van der Waals surface area contributed by atoms with Crippen LogP contribution in [0.5, 0.6) is 0 Å². The average molecular weight is 241 g/mol. The molecule has 2 aromatic carbocycles. The van der Waals surface area contributed by atoms with Crippen LogP contribution in [0.25, 0.3) is 0 Å². The van der Waals surface area contributed by atoms with Crippen LogP contribution < -0.4 is 4.90 Å². The number of rotatable bonds is 2. The van der Waals surface area contributed by atoms with E-state index in [1.165, 1.54) is 17.7 Å². The maximum absolute atomic E-state index is 13.5. The number of benzene rings is 2. The van der Waals surface area contributed by atoms with Crippen LogP contribution in [0.1, 0.15) is 15.9 Å². The molecule has 0 bridgehead atoms. The molecule has 0 atom stereocenters. The lowest BCUT2D eigenvalue weighted by atomic mass is 10.1. The van der Waals surface area contributed by atoms with E-state index in [2.05, 4.69) is 6.07 Å². The molecule has 2 aromatic rings. The molecule has 90 valence electrons. The standard InChI is InChI=1S/C15H12FNO/c16-13-7-11(10-18)8-14(9-13)17-6-5-12-3-1-2-4-15(12)17/h1-4,7-10H,5-6H2. The SMILES string of the molecule is O=Cc1cc(F)cc(N2CCc3ccccc32)c1. The average Bonchev–Trinajstić information content (AvgIpc) is 2.81. The van der Waals surface area contributed by atoms with Gasteiger partial charge in [-0.3, -0.25) is 4.79 Å². The topological polar surface area (TPSA) is 20.3 Å². The van der Waals surface area contributed by atoms with Gasteiger partial charge < -0.3 is 4.90 Å². The van der Waals surface area contributed by atoms with Crippen molar-refractivity contribution in [2.24, 2.45) is 0 Å². The summed E-state index contributed by atoms with van der Waals surface area (Å²) in [6.07, 6.45) is 1.62. The van der Waals surface area contributed by atoms with Crippen molar-refractivity contribution in [1.29, 1.82) is 0 Å². The second-order valence-electron chi connectivity index (χ2n) is 4.39. The van der Waals surface area contributed by atoms with Crippen molar-refractivity contribution < 1.29 is 9.18 Å². The largest absolute Gasteiger partial charge is 0.341 e. The normalized spacial score (nSPS) is 13.5. The number of halogens is 1. The quantitative estimate of drug-likeness (QED) is 0.752. The van der Waals surface area contributed by atoms with Crippen LogP contribution in [-0.2, 0) is 6.42 Å². The third-order valence-electron chi connectivity index (χ3n) is 3.24. The third-order valence-corrected chi connectivity index (χ3v) is 3.24. The van der Waals surface area contributed by atoms with Crippen LogP contribution in [-0.4, -0.2) is 12.8 Å². The maximum Gasteiger partial charge on any atom is 0.150 e. The van der Waals surface area contributed by atoms with E-state index < -0.39 is 0 Å². The van der Waals surface area contributed by atoms with Crippen molar-refractivity contribution in [3.63, 3.8) is 0 Å². The van der Waals surface area contributed by atoms with E-state index in [-0.39, 0.29) is 5.82 Å². The van der Waals surface area contributed by atoms with Gasteiger partial charge in [-0.15, -0.1) is 0 Å². The highest BCUT2D eigenvalue weighted by atomic mass is 19.1. The fourth-order valence-corrected chi connectivity index (χ4v) is 2.43.